The van der Waals surface area contributed by atoms with Gasteiger partial charge in [0.05, 0.1) is 0 Å². The van der Waals surface area contributed by atoms with E-state index >= 15 is 0 Å². The minimum Gasteiger partial charge on any atom is -0.322 e. The van der Waals surface area contributed by atoms with Crippen molar-refractivity contribution in [1.82, 2.24) is 4.67 Å². The van der Waals surface area contributed by atoms with Crippen molar-refractivity contribution < 1.29 is 9.46 Å². The molecule has 1 unspecified atom stereocenters. The van der Waals surface area contributed by atoms with Crippen LogP contribution in [0.1, 0.15) is 13.8 Å². The van der Waals surface area contributed by atoms with Crippen LogP contribution in [0.4, 0.5) is 0 Å². The first-order valence-electron chi connectivity index (χ1n) is 2.89. The monoisotopic (exact) mass is 152 g/mol. The van der Waals surface area contributed by atoms with Crippen molar-refractivity contribution in [2.45, 2.75) is 13.8 Å². The fraction of sp³-hybridized carbons (Fsp3) is 1.00. The van der Waals surface area contributed by atoms with Crippen molar-refractivity contribution in [1.29, 1.82) is 0 Å². The lowest BCUT2D eigenvalue weighted by atomic mass is 10.7. The number of hydrogen-bond donors (Lipinski definition) is 2. The molecule has 0 fully saturated rings. The Kier molecular flexibility index (Phi) is 3.36. The van der Waals surface area contributed by atoms with Crippen LogP contribution in [0.2, 0.25) is 0 Å². The molecule has 0 heterocycles. The zero-order valence-corrected chi connectivity index (χ0v) is 6.64. The minimum absolute atomic E-state index is 0.515. The highest BCUT2D eigenvalue weighted by Crippen LogP contribution is 2.34. The molecular weight excluding hydrogens is 139 g/mol. The van der Waals surface area contributed by atoms with Crippen LogP contribution in [0.25, 0.3) is 0 Å². The van der Waals surface area contributed by atoms with Gasteiger partial charge in [0.25, 0.3) is 0 Å². The van der Waals surface area contributed by atoms with E-state index in [1.807, 2.05) is 0 Å². The van der Waals surface area contributed by atoms with Gasteiger partial charge in [-0.1, -0.05) is 13.8 Å². The average molecular weight is 152 g/mol. The van der Waals surface area contributed by atoms with Gasteiger partial charge in [0.15, 0.2) is 0 Å². The molecule has 0 radical (unpaired) electrons. The van der Waals surface area contributed by atoms with Gasteiger partial charge in [-0.05, 0) is 0 Å². The van der Waals surface area contributed by atoms with Gasteiger partial charge in [-0.15, -0.1) is 0 Å². The predicted molar refractivity (Wildman–Crippen MR) is 36.9 cm³/mol. The lowest BCUT2D eigenvalue weighted by molar-refractivity contribution is 0.366. The summed E-state index contributed by atoms with van der Waals surface area (Å²) in [5, 5.41) is 0. The van der Waals surface area contributed by atoms with Crippen molar-refractivity contribution in [2.24, 2.45) is 5.50 Å². The van der Waals surface area contributed by atoms with Crippen molar-refractivity contribution >= 4 is 7.67 Å². The van der Waals surface area contributed by atoms with Crippen LogP contribution in [0.15, 0.2) is 0 Å². The Hall–Kier alpha value is 0.110. The van der Waals surface area contributed by atoms with E-state index < -0.39 is 7.67 Å². The summed E-state index contributed by atoms with van der Waals surface area (Å²) in [6, 6.07) is 0. The quantitative estimate of drug-likeness (QED) is 0.574. The maximum atomic E-state index is 10.6. The van der Waals surface area contributed by atoms with E-state index in [4.69, 9.17) is 10.4 Å². The van der Waals surface area contributed by atoms with Gasteiger partial charge in [-0.2, -0.15) is 0 Å². The molecule has 3 N–H and O–H groups in total. The summed E-state index contributed by atoms with van der Waals surface area (Å²) < 4.78 is 12.0. The third-order valence-electron chi connectivity index (χ3n) is 1.14. The largest absolute Gasteiger partial charge is 0.338 e. The fourth-order valence-corrected chi connectivity index (χ4v) is 1.44. The van der Waals surface area contributed by atoms with Crippen LogP contribution in [-0.2, 0) is 4.57 Å². The number of hydrogen-bond acceptors (Lipinski definition) is 1. The maximum Gasteiger partial charge on any atom is 0.338 e. The SMILES string of the molecule is CCN(CC)P(N)(=O)O. The van der Waals surface area contributed by atoms with Gasteiger partial charge in [0.1, 0.15) is 0 Å². The summed E-state index contributed by atoms with van der Waals surface area (Å²) in [4.78, 5) is 8.74. The lowest BCUT2D eigenvalue weighted by Gasteiger charge is -2.19. The molecule has 0 aromatic carbocycles. The molecule has 0 aliphatic heterocycles. The van der Waals surface area contributed by atoms with E-state index in [1.165, 1.54) is 4.67 Å². The summed E-state index contributed by atoms with van der Waals surface area (Å²) in [6.45, 7) is 4.61. The molecule has 0 saturated heterocycles. The standard InChI is InChI=1S/C4H13N2O2P/c1-3-6(4-2)9(5,7)8/h3-4H2,1-2H3,(H3,5,7,8). The summed E-state index contributed by atoms with van der Waals surface area (Å²) in [7, 11) is -3.44. The highest BCUT2D eigenvalue weighted by atomic mass is 31.2. The third kappa shape index (κ3) is 2.96. The van der Waals surface area contributed by atoms with Gasteiger partial charge in [-0.3, -0.25) is 4.57 Å². The molecule has 0 rings (SSSR count). The first-order chi connectivity index (χ1) is 4.02. The maximum absolute atomic E-state index is 10.6. The molecule has 4 nitrogen and oxygen atoms in total. The zero-order valence-electron chi connectivity index (χ0n) is 5.74. The Bertz CT molecular complexity index is 118. The van der Waals surface area contributed by atoms with Crippen molar-refractivity contribution in [2.75, 3.05) is 13.1 Å². The summed E-state index contributed by atoms with van der Waals surface area (Å²) in [5.41, 5.74) is 4.94. The molecule has 0 bridgehead atoms. The normalized spacial score (nSPS) is 17.9. The highest BCUT2D eigenvalue weighted by Gasteiger charge is 2.18. The lowest BCUT2D eigenvalue weighted by Crippen LogP contribution is -2.23. The minimum atomic E-state index is -3.44. The zero-order chi connectivity index (χ0) is 7.49. The summed E-state index contributed by atoms with van der Waals surface area (Å²) >= 11 is 0. The van der Waals surface area contributed by atoms with Gasteiger partial charge in [0.2, 0.25) is 0 Å². The number of rotatable bonds is 3. The molecular formula is C4H13N2O2P. The molecule has 0 amide bonds. The van der Waals surface area contributed by atoms with Crippen molar-refractivity contribution in [3.05, 3.63) is 0 Å². The Labute approximate surface area is 55.2 Å². The van der Waals surface area contributed by atoms with Gasteiger partial charge in [-0.25, -0.2) is 10.2 Å². The summed E-state index contributed by atoms with van der Waals surface area (Å²) in [5.74, 6) is 0. The van der Waals surface area contributed by atoms with E-state index in [0.29, 0.717) is 13.1 Å². The molecule has 0 aromatic heterocycles. The van der Waals surface area contributed by atoms with Crippen LogP contribution in [0, 0.1) is 0 Å². The fourth-order valence-electron chi connectivity index (χ4n) is 0.629. The predicted octanol–water partition coefficient (Wildman–Crippen LogP) is 0.387. The van der Waals surface area contributed by atoms with Crippen molar-refractivity contribution in [3.63, 3.8) is 0 Å². The Morgan fingerprint density at radius 1 is 1.56 bits per heavy atom. The molecule has 5 heteroatoms. The molecule has 56 valence electrons. The molecule has 0 aromatic rings. The summed E-state index contributed by atoms with van der Waals surface area (Å²) in [6.07, 6.45) is 0. The van der Waals surface area contributed by atoms with E-state index in [0.717, 1.165) is 0 Å². The van der Waals surface area contributed by atoms with Gasteiger partial charge in [0, 0.05) is 13.1 Å². The second kappa shape index (κ2) is 3.32. The molecule has 0 saturated carbocycles. The van der Waals surface area contributed by atoms with E-state index in [-0.39, 0.29) is 0 Å². The van der Waals surface area contributed by atoms with Crippen LogP contribution >= 0.6 is 7.67 Å². The molecule has 9 heavy (non-hydrogen) atoms. The van der Waals surface area contributed by atoms with Gasteiger partial charge < -0.3 is 4.89 Å². The van der Waals surface area contributed by atoms with Gasteiger partial charge >= 0.3 is 7.67 Å². The second-order valence-electron chi connectivity index (χ2n) is 1.73. The molecule has 1 atom stereocenters. The first kappa shape index (κ1) is 9.11. The molecule has 0 aliphatic rings. The topological polar surface area (TPSA) is 66.6 Å². The van der Waals surface area contributed by atoms with Crippen molar-refractivity contribution in [3.8, 4) is 0 Å². The number of nitrogens with zero attached hydrogens (tertiary/aromatic N) is 1. The number of nitrogens with two attached hydrogens (primary N) is 1. The van der Waals surface area contributed by atoms with Crippen LogP contribution < -0.4 is 5.50 Å². The highest BCUT2D eigenvalue weighted by molar-refractivity contribution is 7.52. The first-order valence-corrected chi connectivity index (χ1v) is 4.57. The molecule has 0 aliphatic carbocycles. The third-order valence-corrected chi connectivity index (χ3v) is 2.51. The van der Waals surface area contributed by atoms with Crippen LogP contribution in [0.3, 0.4) is 0 Å². The van der Waals surface area contributed by atoms with E-state index in [9.17, 15) is 4.57 Å². The second-order valence-corrected chi connectivity index (χ2v) is 3.47. The van der Waals surface area contributed by atoms with E-state index in [1.54, 1.807) is 13.8 Å². The molecule has 0 spiro atoms. The Morgan fingerprint density at radius 2 is 1.89 bits per heavy atom. The van der Waals surface area contributed by atoms with Crippen LogP contribution in [-0.4, -0.2) is 22.7 Å². The Balaban J connectivity index is 3.96. The Morgan fingerprint density at radius 3 is 1.89 bits per heavy atom. The van der Waals surface area contributed by atoms with Crippen LogP contribution in [0.5, 0.6) is 0 Å². The average Bonchev–Trinajstić information content (AvgIpc) is 1.65. The smallest absolute Gasteiger partial charge is 0.322 e. The van der Waals surface area contributed by atoms with E-state index in [2.05, 4.69) is 0 Å².